The fourth-order valence-corrected chi connectivity index (χ4v) is 1.85. The van der Waals surface area contributed by atoms with Crippen LogP contribution in [0.25, 0.3) is 0 Å². The Hall–Kier alpha value is -1.11. The van der Waals surface area contributed by atoms with Crippen molar-refractivity contribution >= 4 is 5.78 Å². The van der Waals surface area contributed by atoms with E-state index in [9.17, 15) is 4.79 Å². The molecule has 0 saturated carbocycles. The van der Waals surface area contributed by atoms with E-state index < -0.39 is 0 Å². The fourth-order valence-electron chi connectivity index (χ4n) is 1.85. The molecular weight excluding hydrogens is 184 g/mol. The average Bonchev–Trinajstić information content (AvgIpc) is 2.26. The summed E-state index contributed by atoms with van der Waals surface area (Å²) in [6.45, 7) is 6.09. The third-order valence-electron chi connectivity index (χ3n) is 2.69. The van der Waals surface area contributed by atoms with Gasteiger partial charge in [0.2, 0.25) is 0 Å². The third-order valence-corrected chi connectivity index (χ3v) is 2.69. The second kappa shape index (κ2) is 5.69. The Morgan fingerprint density at radius 1 is 1.20 bits per heavy atom. The molecule has 1 aromatic carbocycles. The molecule has 0 fully saturated rings. The van der Waals surface area contributed by atoms with Gasteiger partial charge in [0.15, 0.2) is 0 Å². The van der Waals surface area contributed by atoms with Gasteiger partial charge in [-0.2, -0.15) is 0 Å². The predicted octanol–water partition coefficient (Wildman–Crippen LogP) is 3.80. The topological polar surface area (TPSA) is 17.1 Å². The summed E-state index contributed by atoms with van der Waals surface area (Å²) in [5.41, 5.74) is 1.16. The van der Waals surface area contributed by atoms with Crippen molar-refractivity contribution in [2.45, 2.75) is 39.5 Å². The molecule has 0 aliphatic heterocycles. The molecule has 1 unspecified atom stereocenters. The van der Waals surface area contributed by atoms with E-state index in [1.807, 2.05) is 32.0 Å². The van der Waals surface area contributed by atoms with Crippen LogP contribution in [-0.2, 0) is 4.79 Å². The maximum atomic E-state index is 12.0. The van der Waals surface area contributed by atoms with Crippen molar-refractivity contribution in [3.05, 3.63) is 35.9 Å². The Bertz CT molecular complexity index is 300. The van der Waals surface area contributed by atoms with Gasteiger partial charge in [-0.05, 0) is 12.0 Å². The fraction of sp³-hybridized carbons (Fsp3) is 0.500. The van der Waals surface area contributed by atoms with E-state index in [0.717, 1.165) is 18.4 Å². The van der Waals surface area contributed by atoms with Gasteiger partial charge < -0.3 is 0 Å². The van der Waals surface area contributed by atoms with Crippen LogP contribution in [0, 0.1) is 5.92 Å². The van der Waals surface area contributed by atoms with E-state index in [1.165, 1.54) is 0 Å². The highest BCUT2D eigenvalue weighted by molar-refractivity contribution is 5.87. The molecule has 1 atom stereocenters. The summed E-state index contributed by atoms with van der Waals surface area (Å²) in [6, 6.07) is 10.1. The van der Waals surface area contributed by atoms with Crippen molar-refractivity contribution in [2.75, 3.05) is 0 Å². The molecule has 0 amide bonds. The van der Waals surface area contributed by atoms with E-state index in [0.29, 0.717) is 5.78 Å². The van der Waals surface area contributed by atoms with Gasteiger partial charge in [0, 0.05) is 11.8 Å². The van der Waals surface area contributed by atoms with Gasteiger partial charge in [0.25, 0.3) is 0 Å². The monoisotopic (exact) mass is 204 g/mol. The van der Waals surface area contributed by atoms with E-state index in [1.54, 1.807) is 0 Å². The van der Waals surface area contributed by atoms with Gasteiger partial charge in [0.05, 0.1) is 0 Å². The molecule has 1 aromatic rings. The molecule has 82 valence electrons. The quantitative estimate of drug-likeness (QED) is 0.713. The molecule has 0 heterocycles. The number of rotatable bonds is 5. The first-order valence-corrected chi connectivity index (χ1v) is 5.75. The van der Waals surface area contributed by atoms with Crippen molar-refractivity contribution in [1.82, 2.24) is 0 Å². The number of carbonyl (C=O) groups excluding carboxylic acids is 1. The number of ketones is 1. The first-order chi connectivity index (χ1) is 7.16. The lowest BCUT2D eigenvalue weighted by Crippen LogP contribution is -2.17. The molecule has 15 heavy (non-hydrogen) atoms. The zero-order valence-corrected chi connectivity index (χ0v) is 9.86. The summed E-state index contributed by atoms with van der Waals surface area (Å²) in [4.78, 5) is 12.0. The molecule has 1 nitrogen and oxygen atoms in total. The Morgan fingerprint density at radius 3 is 2.27 bits per heavy atom. The number of benzene rings is 1. The standard InChI is InChI=1S/C14H20O/c1-4-8-13(14(15)11(2)3)12-9-6-5-7-10-12/h5-7,9-11,13H,4,8H2,1-3H3. The highest BCUT2D eigenvalue weighted by Gasteiger charge is 2.21. The molecular formula is C14H20O. The van der Waals surface area contributed by atoms with Crippen LogP contribution in [0.15, 0.2) is 30.3 Å². The lowest BCUT2D eigenvalue weighted by Gasteiger charge is -2.17. The van der Waals surface area contributed by atoms with E-state index in [-0.39, 0.29) is 11.8 Å². The Balaban J connectivity index is 2.88. The molecule has 0 bridgehead atoms. The van der Waals surface area contributed by atoms with Gasteiger partial charge in [0.1, 0.15) is 5.78 Å². The van der Waals surface area contributed by atoms with Crippen molar-refractivity contribution in [2.24, 2.45) is 5.92 Å². The van der Waals surface area contributed by atoms with E-state index >= 15 is 0 Å². The normalized spacial score (nSPS) is 12.8. The van der Waals surface area contributed by atoms with Crippen LogP contribution in [0.1, 0.15) is 45.1 Å². The van der Waals surface area contributed by atoms with Crippen LogP contribution in [0.2, 0.25) is 0 Å². The summed E-state index contributed by atoms with van der Waals surface area (Å²) in [6.07, 6.45) is 2.01. The maximum Gasteiger partial charge on any atom is 0.142 e. The van der Waals surface area contributed by atoms with Crippen LogP contribution in [0.5, 0.6) is 0 Å². The molecule has 0 aromatic heterocycles. The zero-order valence-electron chi connectivity index (χ0n) is 9.86. The Labute approximate surface area is 92.5 Å². The summed E-state index contributed by atoms with van der Waals surface area (Å²) < 4.78 is 0. The minimum Gasteiger partial charge on any atom is -0.299 e. The lowest BCUT2D eigenvalue weighted by atomic mass is 9.86. The molecule has 1 rings (SSSR count). The summed E-state index contributed by atoms with van der Waals surface area (Å²) in [5, 5.41) is 0. The number of hydrogen-bond acceptors (Lipinski definition) is 1. The van der Waals surface area contributed by atoms with Crippen LogP contribution < -0.4 is 0 Å². The molecule has 0 N–H and O–H groups in total. The molecule has 0 radical (unpaired) electrons. The SMILES string of the molecule is CCCC(C(=O)C(C)C)c1ccccc1. The summed E-state index contributed by atoms with van der Waals surface area (Å²) in [5.74, 6) is 0.584. The second-order valence-corrected chi connectivity index (χ2v) is 4.31. The smallest absolute Gasteiger partial charge is 0.142 e. The maximum absolute atomic E-state index is 12.0. The molecule has 1 heteroatoms. The molecule has 0 aliphatic rings. The molecule has 0 saturated heterocycles. The van der Waals surface area contributed by atoms with Crippen LogP contribution in [0.3, 0.4) is 0 Å². The summed E-state index contributed by atoms with van der Waals surface area (Å²) >= 11 is 0. The van der Waals surface area contributed by atoms with Gasteiger partial charge in [-0.25, -0.2) is 0 Å². The molecule has 0 aliphatic carbocycles. The molecule has 0 spiro atoms. The lowest BCUT2D eigenvalue weighted by molar-refractivity contribution is -0.123. The zero-order chi connectivity index (χ0) is 11.3. The van der Waals surface area contributed by atoms with E-state index in [4.69, 9.17) is 0 Å². The van der Waals surface area contributed by atoms with Crippen LogP contribution in [-0.4, -0.2) is 5.78 Å². The van der Waals surface area contributed by atoms with Gasteiger partial charge >= 0.3 is 0 Å². The van der Waals surface area contributed by atoms with Gasteiger partial charge in [-0.15, -0.1) is 0 Å². The number of carbonyl (C=O) groups is 1. The van der Waals surface area contributed by atoms with Crippen molar-refractivity contribution in [1.29, 1.82) is 0 Å². The van der Waals surface area contributed by atoms with E-state index in [2.05, 4.69) is 19.1 Å². The van der Waals surface area contributed by atoms with Crippen LogP contribution in [0.4, 0.5) is 0 Å². The highest BCUT2D eigenvalue weighted by Crippen LogP contribution is 2.25. The van der Waals surface area contributed by atoms with Crippen molar-refractivity contribution < 1.29 is 4.79 Å². The van der Waals surface area contributed by atoms with Gasteiger partial charge in [-0.3, -0.25) is 4.79 Å². The van der Waals surface area contributed by atoms with Crippen molar-refractivity contribution in [3.63, 3.8) is 0 Å². The Morgan fingerprint density at radius 2 is 1.80 bits per heavy atom. The van der Waals surface area contributed by atoms with Gasteiger partial charge in [-0.1, -0.05) is 57.5 Å². The largest absolute Gasteiger partial charge is 0.299 e. The number of Topliss-reactive ketones (excluding diaryl/α,β-unsaturated/α-hetero) is 1. The highest BCUT2D eigenvalue weighted by atomic mass is 16.1. The minimum atomic E-state index is 0.0937. The minimum absolute atomic E-state index is 0.0937. The predicted molar refractivity (Wildman–Crippen MR) is 63.9 cm³/mol. The average molecular weight is 204 g/mol. The first kappa shape index (κ1) is 12.0. The first-order valence-electron chi connectivity index (χ1n) is 5.75. The Kier molecular flexibility index (Phi) is 4.54. The van der Waals surface area contributed by atoms with Crippen molar-refractivity contribution in [3.8, 4) is 0 Å². The van der Waals surface area contributed by atoms with Crippen LogP contribution >= 0.6 is 0 Å². The summed E-state index contributed by atoms with van der Waals surface area (Å²) in [7, 11) is 0. The second-order valence-electron chi connectivity index (χ2n) is 4.31. The third kappa shape index (κ3) is 3.19. The number of hydrogen-bond donors (Lipinski definition) is 0.